The summed E-state index contributed by atoms with van der Waals surface area (Å²) in [7, 11) is 1.88. The highest BCUT2D eigenvalue weighted by Gasteiger charge is 2.15. The van der Waals surface area contributed by atoms with E-state index in [-0.39, 0.29) is 24.2 Å². The summed E-state index contributed by atoms with van der Waals surface area (Å²) in [5.41, 5.74) is 1.99. The second-order valence-corrected chi connectivity index (χ2v) is 6.55. The van der Waals surface area contributed by atoms with Gasteiger partial charge < -0.3 is 15.1 Å². The van der Waals surface area contributed by atoms with Gasteiger partial charge in [-0.25, -0.2) is 4.39 Å². The van der Waals surface area contributed by atoms with Crippen molar-refractivity contribution in [3.05, 3.63) is 65.5 Å². The minimum atomic E-state index is -0.278. The van der Waals surface area contributed by atoms with Crippen LogP contribution in [-0.2, 0) is 11.3 Å². The average Bonchev–Trinajstić information content (AvgIpc) is 2.62. The normalized spacial score (nSPS) is 11.7. The van der Waals surface area contributed by atoms with Crippen LogP contribution in [0.5, 0.6) is 0 Å². The number of hydrogen-bond donors (Lipinski definition) is 2. The van der Waals surface area contributed by atoms with Crippen LogP contribution in [-0.4, -0.2) is 43.4 Å². The number of benzene rings is 2. The maximum Gasteiger partial charge on any atom is 0.279 e. The number of amides is 2. The first-order chi connectivity index (χ1) is 12.9. The van der Waals surface area contributed by atoms with Gasteiger partial charge in [0.15, 0.2) is 6.54 Å². The highest BCUT2D eigenvalue weighted by atomic mass is 19.1. The SMILES string of the molecule is CCN(CC)C(=O)c1cccc(NC(=O)C[NH+](C)Cc2cccc(F)c2)c1. The zero-order valence-electron chi connectivity index (χ0n) is 16.1. The van der Waals surface area contributed by atoms with Crippen molar-refractivity contribution in [2.75, 3.05) is 32.0 Å². The molecule has 6 heteroatoms. The lowest BCUT2D eigenvalue weighted by Gasteiger charge is -2.19. The van der Waals surface area contributed by atoms with Crippen LogP contribution in [0.25, 0.3) is 0 Å². The quantitative estimate of drug-likeness (QED) is 0.744. The van der Waals surface area contributed by atoms with E-state index in [9.17, 15) is 14.0 Å². The average molecular weight is 372 g/mol. The molecule has 1 unspecified atom stereocenters. The number of carbonyl (C=O) groups is 2. The number of anilines is 1. The predicted molar refractivity (Wildman–Crippen MR) is 104 cm³/mol. The summed E-state index contributed by atoms with van der Waals surface area (Å²) in [4.78, 5) is 27.4. The van der Waals surface area contributed by atoms with E-state index < -0.39 is 0 Å². The number of nitrogens with zero attached hydrogens (tertiary/aromatic N) is 1. The van der Waals surface area contributed by atoms with E-state index in [1.165, 1.54) is 12.1 Å². The lowest BCUT2D eigenvalue weighted by molar-refractivity contribution is -0.885. The van der Waals surface area contributed by atoms with Crippen molar-refractivity contribution in [2.24, 2.45) is 0 Å². The molecule has 0 bridgehead atoms. The number of likely N-dealkylation sites (N-methyl/N-ethyl adjacent to an activating group) is 1. The molecule has 0 aliphatic heterocycles. The molecule has 2 aromatic rings. The minimum Gasteiger partial charge on any atom is -0.339 e. The maximum atomic E-state index is 13.3. The Bertz CT molecular complexity index is 791. The molecule has 2 amide bonds. The van der Waals surface area contributed by atoms with Gasteiger partial charge in [0.1, 0.15) is 12.4 Å². The summed E-state index contributed by atoms with van der Waals surface area (Å²) in [6.07, 6.45) is 0. The Hall–Kier alpha value is -2.73. The zero-order valence-corrected chi connectivity index (χ0v) is 16.1. The Kier molecular flexibility index (Phi) is 7.49. The molecule has 0 saturated heterocycles. The largest absolute Gasteiger partial charge is 0.339 e. The van der Waals surface area contributed by atoms with Crippen molar-refractivity contribution in [3.63, 3.8) is 0 Å². The Labute approximate surface area is 159 Å². The Morgan fingerprint density at radius 1 is 1.07 bits per heavy atom. The monoisotopic (exact) mass is 372 g/mol. The highest BCUT2D eigenvalue weighted by molar-refractivity contribution is 5.97. The number of carbonyl (C=O) groups excluding carboxylic acids is 2. The molecule has 0 heterocycles. The van der Waals surface area contributed by atoms with E-state index in [4.69, 9.17) is 0 Å². The molecule has 2 N–H and O–H groups in total. The van der Waals surface area contributed by atoms with Crippen LogP contribution in [0.15, 0.2) is 48.5 Å². The molecule has 0 spiro atoms. The first kappa shape index (κ1) is 20.6. The maximum absolute atomic E-state index is 13.3. The van der Waals surface area contributed by atoms with Crippen molar-refractivity contribution in [2.45, 2.75) is 20.4 Å². The van der Waals surface area contributed by atoms with Gasteiger partial charge in [-0.2, -0.15) is 0 Å². The molecule has 5 nitrogen and oxygen atoms in total. The standard InChI is InChI=1S/C21H26FN3O2/c1-4-25(5-2)21(27)17-9-7-11-19(13-17)23-20(26)15-24(3)14-16-8-6-10-18(22)12-16/h6-13H,4-5,14-15H2,1-3H3,(H,23,26)/p+1. The van der Waals surface area contributed by atoms with Gasteiger partial charge in [0.2, 0.25) is 0 Å². The smallest absolute Gasteiger partial charge is 0.279 e. The van der Waals surface area contributed by atoms with Crippen LogP contribution in [0, 0.1) is 5.82 Å². The lowest BCUT2D eigenvalue weighted by Crippen LogP contribution is -3.08. The third kappa shape index (κ3) is 6.18. The third-order valence-electron chi connectivity index (χ3n) is 4.30. The van der Waals surface area contributed by atoms with Gasteiger partial charge in [-0.05, 0) is 44.2 Å². The summed E-state index contributed by atoms with van der Waals surface area (Å²) < 4.78 is 13.3. The van der Waals surface area contributed by atoms with Gasteiger partial charge in [0, 0.05) is 29.9 Å². The molecule has 0 fully saturated rings. The summed E-state index contributed by atoms with van der Waals surface area (Å²) in [5.74, 6) is -0.485. The third-order valence-corrected chi connectivity index (χ3v) is 4.30. The van der Waals surface area contributed by atoms with Gasteiger partial charge in [0.25, 0.3) is 11.8 Å². The molecule has 0 aliphatic carbocycles. The van der Waals surface area contributed by atoms with Crippen LogP contribution < -0.4 is 10.2 Å². The number of quaternary nitrogens is 1. The Morgan fingerprint density at radius 3 is 2.44 bits per heavy atom. The summed E-state index contributed by atoms with van der Waals surface area (Å²) in [6.45, 7) is 5.94. The molecule has 0 aliphatic rings. The number of nitrogens with one attached hydrogen (secondary N) is 2. The summed E-state index contributed by atoms with van der Waals surface area (Å²) >= 11 is 0. The van der Waals surface area contributed by atoms with Gasteiger partial charge in [-0.15, -0.1) is 0 Å². The summed E-state index contributed by atoms with van der Waals surface area (Å²) in [5, 5.41) is 2.84. The van der Waals surface area contributed by atoms with Crippen LogP contribution in [0.3, 0.4) is 0 Å². The van der Waals surface area contributed by atoms with Gasteiger partial charge in [0.05, 0.1) is 7.05 Å². The van der Waals surface area contributed by atoms with Crippen LogP contribution >= 0.6 is 0 Å². The van der Waals surface area contributed by atoms with Crippen molar-refractivity contribution in [3.8, 4) is 0 Å². The van der Waals surface area contributed by atoms with Crippen LogP contribution in [0.2, 0.25) is 0 Å². The van der Waals surface area contributed by atoms with E-state index in [1.54, 1.807) is 35.2 Å². The van der Waals surface area contributed by atoms with Crippen LogP contribution in [0.4, 0.5) is 10.1 Å². The van der Waals surface area contributed by atoms with E-state index in [1.807, 2.05) is 27.0 Å². The molecule has 0 saturated carbocycles. The number of rotatable bonds is 8. The highest BCUT2D eigenvalue weighted by Crippen LogP contribution is 2.12. The molecular weight excluding hydrogens is 345 g/mol. The fourth-order valence-electron chi connectivity index (χ4n) is 2.96. The molecule has 0 radical (unpaired) electrons. The molecule has 144 valence electrons. The number of hydrogen-bond acceptors (Lipinski definition) is 2. The van der Waals surface area contributed by atoms with E-state index >= 15 is 0 Å². The minimum absolute atomic E-state index is 0.0510. The molecule has 0 aromatic heterocycles. The van der Waals surface area contributed by atoms with Crippen molar-refractivity contribution in [1.82, 2.24) is 4.90 Å². The Morgan fingerprint density at radius 2 is 1.78 bits per heavy atom. The van der Waals surface area contributed by atoms with Gasteiger partial charge in [-0.1, -0.05) is 18.2 Å². The van der Waals surface area contributed by atoms with E-state index in [2.05, 4.69) is 5.32 Å². The molecule has 2 rings (SSSR count). The van der Waals surface area contributed by atoms with Crippen molar-refractivity contribution >= 4 is 17.5 Å². The fraction of sp³-hybridized carbons (Fsp3) is 0.333. The van der Waals surface area contributed by atoms with Crippen molar-refractivity contribution in [1.29, 1.82) is 0 Å². The molecule has 27 heavy (non-hydrogen) atoms. The molecule has 1 atom stereocenters. The van der Waals surface area contributed by atoms with Crippen LogP contribution in [0.1, 0.15) is 29.8 Å². The topological polar surface area (TPSA) is 53.9 Å². The second kappa shape index (κ2) is 9.83. The van der Waals surface area contributed by atoms with E-state index in [0.717, 1.165) is 10.5 Å². The number of halogens is 1. The first-order valence-corrected chi connectivity index (χ1v) is 9.17. The van der Waals surface area contributed by atoms with Gasteiger partial charge >= 0.3 is 0 Å². The second-order valence-electron chi connectivity index (χ2n) is 6.55. The van der Waals surface area contributed by atoms with Gasteiger partial charge in [-0.3, -0.25) is 9.59 Å². The first-order valence-electron chi connectivity index (χ1n) is 9.17. The summed E-state index contributed by atoms with van der Waals surface area (Å²) in [6, 6.07) is 13.3. The fourth-order valence-corrected chi connectivity index (χ4v) is 2.96. The zero-order chi connectivity index (χ0) is 19.8. The lowest BCUT2D eigenvalue weighted by atomic mass is 10.1. The van der Waals surface area contributed by atoms with E-state index in [0.29, 0.717) is 30.9 Å². The Balaban J connectivity index is 1.95. The molecule has 2 aromatic carbocycles. The van der Waals surface area contributed by atoms with Crippen molar-refractivity contribution < 1.29 is 18.9 Å². The molecular formula is C21H27FN3O2+. The predicted octanol–water partition coefficient (Wildman–Crippen LogP) is 1.96.